The maximum Gasteiger partial charge on any atom is 0.263 e. The third kappa shape index (κ3) is 4.04. The maximum absolute atomic E-state index is 13.9. The van der Waals surface area contributed by atoms with E-state index in [0.29, 0.717) is 11.1 Å². The molecular formula is C21H21F4N3O2S. The first kappa shape index (κ1) is 22.8. The van der Waals surface area contributed by atoms with E-state index in [9.17, 15) is 26.0 Å². The van der Waals surface area contributed by atoms with Gasteiger partial charge in [-0.3, -0.25) is 9.40 Å². The fourth-order valence-electron chi connectivity index (χ4n) is 3.49. The molecule has 0 radical (unpaired) electrons. The van der Waals surface area contributed by atoms with Crippen LogP contribution in [0.2, 0.25) is 0 Å². The second kappa shape index (κ2) is 7.99. The number of nitrogens with zero attached hydrogens (tertiary/aromatic N) is 2. The Bertz CT molecular complexity index is 1250. The molecule has 0 bridgehead atoms. The number of sulfonamides is 1. The largest absolute Gasteiger partial charge is 0.266 e. The molecule has 0 spiro atoms. The van der Waals surface area contributed by atoms with E-state index in [2.05, 4.69) is 9.82 Å². The molecule has 0 atom stereocenters. The van der Waals surface area contributed by atoms with E-state index in [1.807, 2.05) is 20.8 Å². The Morgan fingerprint density at radius 3 is 1.87 bits per heavy atom. The van der Waals surface area contributed by atoms with Crippen LogP contribution in [-0.2, 0) is 16.6 Å². The van der Waals surface area contributed by atoms with Gasteiger partial charge in [0.15, 0.2) is 29.1 Å². The molecule has 0 saturated carbocycles. The Morgan fingerprint density at radius 1 is 0.871 bits per heavy atom. The molecule has 2 aromatic carbocycles. The van der Waals surface area contributed by atoms with Gasteiger partial charge in [-0.1, -0.05) is 0 Å². The molecule has 0 unspecified atom stereocenters. The maximum atomic E-state index is 13.9. The van der Waals surface area contributed by atoms with Crippen molar-refractivity contribution in [1.82, 2.24) is 9.78 Å². The van der Waals surface area contributed by atoms with E-state index in [4.69, 9.17) is 0 Å². The Hall–Kier alpha value is -2.88. The summed E-state index contributed by atoms with van der Waals surface area (Å²) in [5.74, 6) is -6.23. The molecule has 0 amide bonds. The standard InChI is InChI=1S/C21H21F4N3O2S/c1-10-11(2)13(4)21(14(5)12(10)3)31(29,30)27-18-6-7-28(26-18)9-15-19(24)16(22)8-17(23)20(15)25/h6-8H,9H2,1-5H3,(H,26,27). The van der Waals surface area contributed by atoms with Crippen molar-refractivity contribution < 1.29 is 26.0 Å². The summed E-state index contributed by atoms with van der Waals surface area (Å²) in [6.07, 6.45) is 1.24. The minimum Gasteiger partial charge on any atom is -0.266 e. The number of aromatic nitrogens is 2. The zero-order valence-electron chi connectivity index (χ0n) is 17.6. The molecule has 0 aliphatic carbocycles. The van der Waals surface area contributed by atoms with Gasteiger partial charge in [-0.15, -0.1) is 0 Å². The predicted molar refractivity (Wildman–Crippen MR) is 109 cm³/mol. The molecule has 1 heterocycles. The molecule has 166 valence electrons. The minimum absolute atomic E-state index is 0.104. The third-order valence-electron chi connectivity index (χ3n) is 5.60. The molecule has 5 nitrogen and oxygen atoms in total. The number of nitrogens with one attached hydrogen (secondary N) is 1. The number of hydrogen-bond acceptors (Lipinski definition) is 3. The molecule has 3 aromatic rings. The molecular weight excluding hydrogens is 434 g/mol. The molecule has 10 heteroatoms. The first-order valence-electron chi connectivity index (χ1n) is 9.30. The second-order valence-electron chi connectivity index (χ2n) is 7.40. The van der Waals surface area contributed by atoms with Crippen LogP contribution in [0, 0.1) is 57.9 Å². The van der Waals surface area contributed by atoms with Crippen LogP contribution in [0.4, 0.5) is 23.4 Å². The summed E-state index contributed by atoms with van der Waals surface area (Å²) >= 11 is 0. The average molecular weight is 455 g/mol. The lowest BCUT2D eigenvalue weighted by Gasteiger charge is -2.18. The zero-order chi connectivity index (χ0) is 23.2. The van der Waals surface area contributed by atoms with E-state index in [-0.39, 0.29) is 16.8 Å². The normalized spacial score (nSPS) is 11.8. The summed E-state index contributed by atoms with van der Waals surface area (Å²) in [5.41, 5.74) is 3.07. The Labute approximate surface area is 177 Å². The van der Waals surface area contributed by atoms with Gasteiger partial charge in [0.1, 0.15) is 0 Å². The van der Waals surface area contributed by atoms with Gasteiger partial charge in [-0.2, -0.15) is 5.10 Å². The first-order valence-corrected chi connectivity index (χ1v) is 10.8. The molecule has 0 aliphatic heterocycles. The Kier molecular flexibility index (Phi) is 5.88. The average Bonchev–Trinajstić information content (AvgIpc) is 3.12. The van der Waals surface area contributed by atoms with Gasteiger partial charge in [0.05, 0.1) is 17.0 Å². The molecule has 1 aromatic heterocycles. The van der Waals surface area contributed by atoms with Crippen LogP contribution in [0.15, 0.2) is 23.2 Å². The van der Waals surface area contributed by atoms with Crippen LogP contribution in [0.1, 0.15) is 33.4 Å². The highest BCUT2D eigenvalue weighted by Crippen LogP contribution is 2.30. The van der Waals surface area contributed by atoms with Crippen molar-refractivity contribution in [2.45, 2.75) is 46.1 Å². The van der Waals surface area contributed by atoms with Crippen molar-refractivity contribution in [3.8, 4) is 0 Å². The fourth-order valence-corrected chi connectivity index (χ4v) is 5.08. The number of anilines is 1. The summed E-state index contributed by atoms with van der Waals surface area (Å²) < 4.78 is 84.0. The zero-order valence-corrected chi connectivity index (χ0v) is 18.4. The van der Waals surface area contributed by atoms with Crippen molar-refractivity contribution in [2.24, 2.45) is 0 Å². The molecule has 3 rings (SSSR count). The van der Waals surface area contributed by atoms with Crippen molar-refractivity contribution >= 4 is 15.8 Å². The predicted octanol–water partition coefficient (Wildman–Crippen LogP) is 4.83. The van der Waals surface area contributed by atoms with Crippen LogP contribution >= 0.6 is 0 Å². The van der Waals surface area contributed by atoms with Gasteiger partial charge in [-0.25, -0.2) is 26.0 Å². The SMILES string of the molecule is Cc1c(C)c(C)c(S(=O)(=O)Nc2ccn(Cc3c(F)c(F)cc(F)c3F)n2)c(C)c1C. The van der Waals surface area contributed by atoms with Gasteiger partial charge in [-0.05, 0) is 62.4 Å². The van der Waals surface area contributed by atoms with Crippen LogP contribution in [0.25, 0.3) is 0 Å². The topological polar surface area (TPSA) is 64.0 Å². The summed E-state index contributed by atoms with van der Waals surface area (Å²) in [6.45, 7) is 8.40. The van der Waals surface area contributed by atoms with Gasteiger partial charge in [0, 0.05) is 18.3 Å². The van der Waals surface area contributed by atoms with Crippen molar-refractivity contribution in [1.29, 1.82) is 0 Å². The van der Waals surface area contributed by atoms with Gasteiger partial charge < -0.3 is 0 Å². The van der Waals surface area contributed by atoms with Crippen LogP contribution in [0.5, 0.6) is 0 Å². The van der Waals surface area contributed by atoms with E-state index < -0.39 is 45.4 Å². The Morgan fingerprint density at radius 2 is 1.35 bits per heavy atom. The molecule has 0 fully saturated rings. The Balaban J connectivity index is 1.94. The van der Waals surface area contributed by atoms with E-state index in [1.165, 1.54) is 12.3 Å². The summed E-state index contributed by atoms with van der Waals surface area (Å²) in [5, 5.41) is 3.93. The first-order chi connectivity index (χ1) is 14.3. The summed E-state index contributed by atoms with van der Waals surface area (Å²) in [4.78, 5) is 0.131. The highest BCUT2D eigenvalue weighted by Gasteiger charge is 2.25. The van der Waals surface area contributed by atoms with Crippen LogP contribution in [0.3, 0.4) is 0 Å². The fraction of sp³-hybridized carbons (Fsp3) is 0.286. The minimum atomic E-state index is -4.02. The smallest absolute Gasteiger partial charge is 0.263 e. The molecule has 31 heavy (non-hydrogen) atoms. The molecule has 0 saturated heterocycles. The van der Waals surface area contributed by atoms with Crippen molar-refractivity contribution in [3.63, 3.8) is 0 Å². The summed E-state index contributed by atoms with van der Waals surface area (Å²) in [6, 6.07) is 1.40. The second-order valence-corrected chi connectivity index (χ2v) is 9.02. The van der Waals surface area contributed by atoms with Gasteiger partial charge >= 0.3 is 0 Å². The number of benzene rings is 2. The van der Waals surface area contributed by atoms with E-state index >= 15 is 0 Å². The molecule has 0 aliphatic rings. The molecule has 1 N–H and O–H groups in total. The van der Waals surface area contributed by atoms with Gasteiger partial charge in [0.25, 0.3) is 10.0 Å². The number of hydrogen-bond donors (Lipinski definition) is 1. The van der Waals surface area contributed by atoms with E-state index in [0.717, 1.165) is 21.4 Å². The quantitative estimate of drug-likeness (QED) is 0.443. The van der Waals surface area contributed by atoms with Crippen LogP contribution < -0.4 is 4.72 Å². The summed E-state index contributed by atoms with van der Waals surface area (Å²) in [7, 11) is -4.02. The van der Waals surface area contributed by atoms with Crippen molar-refractivity contribution in [3.05, 3.63) is 75.0 Å². The van der Waals surface area contributed by atoms with E-state index in [1.54, 1.807) is 13.8 Å². The highest BCUT2D eigenvalue weighted by molar-refractivity contribution is 7.92. The lowest BCUT2D eigenvalue weighted by molar-refractivity contribution is 0.431. The van der Waals surface area contributed by atoms with Crippen LogP contribution in [-0.4, -0.2) is 18.2 Å². The lowest BCUT2D eigenvalue weighted by Crippen LogP contribution is -2.18. The van der Waals surface area contributed by atoms with Crippen molar-refractivity contribution in [2.75, 3.05) is 4.72 Å². The lowest BCUT2D eigenvalue weighted by atomic mass is 9.95. The number of rotatable bonds is 5. The number of halogens is 4. The third-order valence-corrected chi connectivity index (χ3v) is 7.23. The highest BCUT2D eigenvalue weighted by atomic mass is 32.2. The monoisotopic (exact) mass is 455 g/mol. The van der Waals surface area contributed by atoms with Gasteiger partial charge in [0.2, 0.25) is 0 Å².